The molecule has 0 spiro atoms. The van der Waals surface area contributed by atoms with Gasteiger partial charge < -0.3 is 10.8 Å². The van der Waals surface area contributed by atoms with Crippen LogP contribution in [0.1, 0.15) is 22.7 Å². The number of nitrogens with two attached hydrogens (primary N) is 1. The molecule has 7 heteroatoms. The Hall–Kier alpha value is -3.55. The van der Waals surface area contributed by atoms with E-state index in [-0.39, 0.29) is 11.9 Å². The van der Waals surface area contributed by atoms with E-state index in [2.05, 4.69) is 15.3 Å². The lowest BCUT2D eigenvalue weighted by Gasteiger charge is -2.43. The minimum Gasteiger partial charge on any atom is -0.384 e. The number of aromatic nitrogens is 1. The Morgan fingerprint density at radius 1 is 1.10 bits per heavy atom. The molecule has 31 heavy (non-hydrogen) atoms. The number of hydrogen-bond acceptors (Lipinski definition) is 6. The molecule has 1 saturated heterocycles. The molecule has 158 valence electrons. The van der Waals surface area contributed by atoms with Crippen LogP contribution in [0.5, 0.6) is 0 Å². The van der Waals surface area contributed by atoms with Gasteiger partial charge in [-0.25, -0.2) is 4.98 Å². The maximum atomic E-state index is 12.9. The van der Waals surface area contributed by atoms with Crippen molar-refractivity contribution in [2.45, 2.75) is 18.8 Å². The van der Waals surface area contributed by atoms with Crippen molar-refractivity contribution in [3.8, 4) is 0 Å². The summed E-state index contributed by atoms with van der Waals surface area (Å²) < 4.78 is 0. The van der Waals surface area contributed by atoms with Crippen molar-refractivity contribution in [2.24, 2.45) is 10.9 Å². The number of aliphatic imine (C=N–C) groups is 1. The minimum atomic E-state index is -1.21. The average Bonchev–Trinajstić information content (AvgIpc) is 2.80. The van der Waals surface area contributed by atoms with E-state index in [1.807, 2.05) is 66.7 Å². The number of benzene rings is 2. The molecule has 0 radical (unpaired) electrons. The second kappa shape index (κ2) is 9.07. The van der Waals surface area contributed by atoms with Crippen LogP contribution in [0.4, 0.5) is 5.82 Å². The molecular weight excluding hydrogens is 390 g/mol. The van der Waals surface area contributed by atoms with Crippen molar-refractivity contribution < 1.29 is 9.90 Å². The number of nitrogen functional groups attached to an aromatic ring is 1. The van der Waals surface area contributed by atoms with E-state index >= 15 is 0 Å². The van der Waals surface area contributed by atoms with Crippen LogP contribution in [0.3, 0.4) is 0 Å². The fraction of sp³-hybridized carbons (Fsp3) is 0.208. The predicted molar refractivity (Wildman–Crippen MR) is 120 cm³/mol. The molecule has 1 fully saturated rings. The molecule has 0 saturated carbocycles. The first-order chi connectivity index (χ1) is 15.1. The monoisotopic (exact) mass is 415 g/mol. The Labute approximate surface area is 181 Å². The van der Waals surface area contributed by atoms with Crippen molar-refractivity contribution in [3.05, 3.63) is 95.7 Å². The van der Waals surface area contributed by atoms with Gasteiger partial charge in [0.1, 0.15) is 17.6 Å². The molecule has 1 aliphatic rings. The Morgan fingerprint density at radius 2 is 1.71 bits per heavy atom. The van der Waals surface area contributed by atoms with Gasteiger partial charge in [-0.1, -0.05) is 60.7 Å². The molecular formula is C24H25N5O2. The van der Waals surface area contributed by atoms with E-state index in [1.165, 1.54) is 4.90 Å². The summed E-state index contributed by atoms with van der Waals surface area (Å²) >= 11 is 0. The molecule has 1 aromatic heterocycles. The van der Waals surface area contributed by atoms with Gasteiger partial charge in [-0.2, -0.15) is 0 Å². The van der Waals surface area contributed by atoms with Gasteiger partial charge in [-0.3, -0.25) is 20.0 Å². The number of pyridine rings is 1. The van der Waals surface area contributed by atoms with E-state index in [1.54, 1.807) is 19.3 Å². The largest absolute Gasteiger partial charge is 0.384 e. The lowest BCUT2D eigenvalue weighted by atomic mass is 9.89. The minimum absolute atomic E-state index is 0.184. The number of amidine groups is 1. The van der Waals surface area contributed by atoms with Gasteiger partial charge in [0.15, 0.2) is 6.35 Å². The number of anilines is 1. The van der Waals surface area contributed by atoms with Crippen molar-refractivity contribution in [1.29, 1.82) is 0 Å². The fourth-order valence-corrected chi connectivity index (χ4v) is 3.94. The summed E-state index contributed by atoms with van der Waals surface area (Å²) in [5.41, 5.74) is 8.62. The van der Waals surface area contributed by atoms with Crippen LogP contribution >= 0.6 is 0 Å². The van der Waals surface area contributed by atoms with Gasteiger partial charge in [0, 0.05) is 13.2 Å². The topological polar surface area (TPSA) is 104 Å². The summed E-state index contributed by atoms with van der Waals surface area (Å²) in [6, 6.07) is 22.9. The maximum Gasteiger partial charge on any atom is 0.242 e. The van der Waals surface area contributed by atoms with E-state index in [9.17, 15) is 9.90 Å². The molecule has 1 unspecified atom stereocenters. The number of likely N-dealkylation sites (tertiary alicyclic amines) is 1. The zero-order valence-electron chi connectivity index (χ0n) is 17.2. The highest BCUT2D eigenvalue weighted by molar-refractivity contribution is 6.20. The van der Waals surface area contributed by atoms with Crippen molar-refractivity contribution in [1.82, 2.24) is 15.2 Å². The van der Waals surface area contributed by atoms with Gasteiger partial charge in [-0.15, -0.1) is 0 Å². The summed E-state index contributed by atoms with van der Waals surface area (Å²) in [7, 11) is 1.63. The lowest BCUT2D eigenvalue weighted by molar-refractivity contribution is -0.146. The number of β-lactam (4-membered cyclic amide) rings is 1. The van der Waals surface area contributed by atoms with Gasteiger partial charge >= 0.3 is 0 Å². The normalized spacial score (nSPS) is 18.3. The van der Waals surface area contributed by atoms with Crippen LogP contribution in [0.2, 0.25) is 0 Å². The van der Waals surface area contributed by atoms with Crippen LogP contribution in [0.25, 0.3) is 0 Å². The van der Waals surface area contributed by atoms with E-state index in [4.69, 9.17) is 5.73 Å². The fourth-order valence-electron chi connectivity index (χ4n) is 3.94. The van der Waals surface area contributed by atoms with Gasteiger partial charge in [0.2, 0.25) is 5.91 Å². The highest BCUT2D eigenvalue weighted by Crippen LogP contribution is 2.29. The van der Waals surface area contributed by atoms with E-state index in [0.29, 0.717) is 18.1 Å². The van der Waals surface area contributed by atoms with Crippen LogP contribution in [-0.4, -0.2) is 40.1 Å². The molecule has 7 nitrogen and oxygen atoms in total. The first-order valence-electron chi connectivity index (χ1n) is 10.1. The van der Waals surface area contributed by atoms with Crippen molar-refractivity contribution >= 4 is 17.6 Å². The summed E-state index contributed by atoms with van der Waals surface area (Å²) in [5, 5.41) is 14.1. The smallest absolute Gasteiger partial charge is 0.242 e. The molecule has 2 atom stereocenters. The second-order valence-corrected chi connectivity index (χ2v) is 7.43. The van der Waals surface area contributed by atoms with E-state index < -0.39 is 12.3 Å². The third-order valence-corrected chi connectivity index (χ3v) is 5.43. The Balaban J connectivity index is 1.53. The summed E-state index contributed by atoms with van der Waals surface area (Å²) in [6.45, 7) is 0. The Morgan fingerprint density at radius 3 is 2.26 bits per heavy atom. The lowest BCUT2D eigenvalue weighted by Crippen LogP contribution is -2.65. The molecule has 4 rings (SSSR count). The number of nitrogens with one attached hydrogen (secondary N) is 1. The van der Waals surface area contributed by atoms with Crippen LogP contribution in [-0.2, 0) is 11.2 Å². The molecule has 2 heterocycles. The van der Waals surface area contributed by atoms with Gasteiger partial charge in [-0.05, 0) is 35.2 Å². The zero-order valence-corrected chi connectivity index (χ0v) is 17.2. The number of amides is 1. The van der Waals surface area contributed by atoms with Crippen molar-refractivity contribution in [2.75, 3.05) is 12.8 Å². The van der Waals surface area contributed by atoms with Crippen molar-refractivity contribution in [3.63, 3.8) is 0 Å². The number of nitrogens with zero attached hydrogens (tertiary/aromatic N) is 3. The SMILES string of the molecule is C/N=C1/[C@@H](Cc2ccnc(N)c2)C(=O)N1C(O)NC(c1ccccc1)c1ccccc1. The predicted octanol–water partition coefficient (Wildman–Crippen LogP) is 2.35. The average molecular weight is 415 g/mol. The summed E-state index contributed by atoms with van der Waals surface area (Å²) in [4.78, 5) is 22.5. The molecule has 1 amide bonds. The van der Waals surface area contributed by atoms with Crippen LogP contribution in [0.15, 0.2) is 84.0 Å². The second-order valence-electron chi connectivity index (χ2n) is 7.43. The number of aliphatic hydroxyl groups excluding tert-OH is 1. The summed E-state index contributed by atoms with van der Waals surface area (Å²) in [6.07, 6.45) is 0.868. The Bertz CT molecular complexity index is 1030. The molecule has 4 N–H and O–H groups in total. The first kappa shape index (κ1) is 20.7. The standard InChI is InChI=1S/C24H25N5O2/c1-26-22-19(14-16-12-13-27-20(25)15-16)23(30)29(22)24(31)28-21(17-8-4-2-5-9-17)18-10-6-3-7-11-18/h2-13,15,19,21,24,28,31H,14H2,1H3,(H2,25,27)/b26-22-/t19-,24?/m1/s1. The van der Waals surface area contributed by atoms with Crippen LogP contribution < -0.4 is 11.1 Å². The number of rotatable bonds is 7. The third-order valence-electron chi connectivity index (χ3n) is 5.43. The van der Waals surface area contributed by atoms with Crippen LogP contribution in [0, 0.1) is 5.92 Å². The summed E-state index contributed by atoms with van der Waals surface area (Å²) in [5.74, 6) is 0.345. The highest BCUT2D eigenvalue weighted by atomic mass is 16.3. The highest BCUT2D eigenvalue weighted by Gasteiger charge is 2.47. The molecule has 2 aromatic carbocycles. The number of aliphatic hydroxyl groups is 1. The number of carbonyl (C=O) groups is 1. The maximum absolute atomic E-state index is 12.9. The molecule has 0 bridgehead atoms. The first-order valence-corrected chi connectivity index (χ1v) is 10.1. The number of hydrogen-bond donors (Lipinski definition) is 3. The zero-order chi connectivity index (χ0) is 21.8. The molecule has 0 aliphatic carbocycles. The quantitative estimate of drug-likeness (QED) is 0.406. The van der Waals surface area contributed by atoms with Gasteiger partial charge in [0.05, 0.1) is 6.04 Å². The number of carbonyl (C=O) groups excluding carboxylic acids is 1. The molecule has 3 aromatic rings. The van der Waals surface area contributed by atoms with Gasteiger partial charge in [0.25, 0.3) is 0 Å². The third kappa shape index (κ3) is 4.33. The molecule has 1 aliphatic heterocycles. The van der Waals surface area contributed by atoms with E-state index in [0.717, 1.165) is 16.7 Å². The Kier molecular flexibility index (Phi) is 6.06.